The van der Waals surface area contributed by atoms with E-state index in [-0.39, 0.29) is 30.1 Å². The van der Waals surface area contributed by atoms with Gasteiger partial charge < -0.3 is 16.0 Å². The third kappa shape index (κ3) is 4.48. The van der Waals surface area contributed by atoms with Crippen LogP contribution in [0.2, 0.25) is 0 Å². The van der Waals surface area contributed by atoms with Gasteiger partial charge in [0.15, 0.2) is 0 Å². The van der Waals surface area contributed by atoms with Crippen molar-refractivity contribution in [3.05, 3.63) is 29.3 Å². The number of nitrogens with two attached hydrogens (primary N) is 1. The number of anilines is 1. The molecule has 24 heavy (non-hydrogen) atoms. The van der Waals surface area contributed by atoms with Crippen LogP contribution >= 0.6 is 12.4 Å². The van der Waals surface area contributed by atoms with Gasteiger partial charge in [-0.1, -0.05) is 18.9 Å². The number of hydrogen-bond donors (Lipinski definition) is 2. The lowest BCUT2D eigenvalue weighted by atomic mass is 9.74. The summed E-state index contributed by atoms with van der Waals surface area (Å²) >= 11 is 0. The quantitative estimate of drug-likeness (QED) is 0.877. The van der Waals surface area contributed by atoms with Crippen LogP contribution in [-0.2, 0) is 4.79 Å². The Labute approximate surface area is 150 Å². The summed E-state index contributed by atoms with van der Waals surface area (Å²) in [6.45, 7) is 3.84. The van der Waals surface area contributed by atoms with Crippen molar-refractivity contribution in [3.63, 3.8) is 0 Å². The Balaban J connectivity index is 0.00000288. The van der Waals surface area contributed by atoms with E-state index in [0.717, 1.165) is 31.2 Å². The number of halogens is 1. The van der Waals surface area contributed by atoms with E-state index in [1.54, 1.807) is 20.2 Å². The summed E-state index contributed by atoms with van der Waals surface area (Å²) in [6.07, 6.45) is 3.78. The van der Waals surface area contributed by atoms with Crippen LogP contribution in [0.3, 0.4) is 0 Å². The lowest BCUT2D eigenvalue weighted by Crippen LogP contribution is -2.51. The molecule has 2 atom stereocenters. The van der Waals surface area contributed by atoms with Gasteiger partial charge in [0.05, 0.1) is 5.92 Å². The summed E-state index contributed by atoms with van der Waals surface area (Å²) in [5.41, 5.74) is 7.97. The average Bonchev–Trinajstić information content (AvgIpc) is 2.47. The van der Waals surface area contributed by atoms with Gasteiger partial charge in [-0.15, -0.1) is 12.4 Å². The molecule has 5 nitrogen and oxygen atoms in total. The third-order valence-corrected chi connectivity index (χ3v) is 4.71. The zero-order chi connectivity index (χ0) is 17.2. The van der Waals surface area contributed by atoms with Gasteiger partial charge in [0.1, 0.15) is 0 Å². The van der Waals surface area contributed by atoms with E-state index in [4.69, 9.17) is 5.73 Å². The number of nitrogens with zero attached hydrogens (tertiary/aromatic N) is 1. The van der Waals surface area contributed by atoms with Gasteiger partial charge in [-0.2, -0.15) is 0 Å². The maximum absolute atomic E-state index is 12.6. The number of carbonyl (C=O) groups excluding carboxylic acids is 2. The molecule has 1 aromatic rings. The molecule has 0 heterocycles. The Bertz CT molecular complexity index is 614. The highest BCUT2D eigenvalue weighted by atomic mass is 35.5. The summed E-state index contributed by atoms with van der Waals surface area (Å²) in [5.74, 6) is -0.313. The highest BCUT2D eigenvalue weighted by molar-refractivity contribution is 5.98. The fraction of sp³-hybridized carbons (Fsp3) is 0.556. The van der Waals surface area contributed by atoms with Gasteiger partial charge in [-0.25, -0.2) is 0 Å². The van der Waals surface area contributed by atoms with Crippen molar-refractivity contribution in [2.24, 2.45) is 11.7 Å². The van der Waals surface area contributed by atoms with Crippen LogP contribution in [0.4, 0.5) is 5.69 Å². The molecule has 0 spiro atoms. The fourth-order valence-corrected chi connectivity index (χ4v) is 3.19. The Kier molecular flexibility index (Phi) is 6.81. The van der Waals surface area contributed by atoms with E-state index < -0.39 is 5.54 Å². The molecular weight excluding hydrogens is 326 g/mol. The van der Waals surface area contributed by atoms with Crippen LogP contribution in [0.5, 0.6) is 0 Å². The minimum atomic E-state index is -0.463. The van der Waals surface area contributed by atoms with Crippen LogP contribution in [0.1, 0.15) is 48.5 Å². The Morgan fingerprint density at radius 1 is 1.29 bits per heavy atom. The lowest BCUT2D eigenvalue weighted by Gasteiger charge is -2.37. The average molecular weight is 354 g/mol. The second kappa shape index (κ2) is 7.99. The van der Waals surface area contributed by atoms with E-state index in [1.807, 2.05) is 26.0 Å². The van der Waals surface area contributed by atoms with Crippen molar-refractivity contribution in [3.8, 4) is 0 Å². The SMILES string of the molecule is Cc1ccc(NC(=O)C2CCCCC2(C)N)cc1C(=O)N(C)C.Cl. The van der Waals surface area contributed by atoms with Crippen molar-refractivity contribution in [2.45, 2.75) is 45.1 Å². The maximum atomic E-state index is 12.6. The predicted octanol–water partition coefficient (Wildman–Crippen LogP) is 2.96. The standard InChI is InChI=1S/C18H27N3O2.ClH/c1-12-8-9-13(11-14(12)17(23)21(3)4)20-16(22)15-7-5-6-10-18(15,2)19;/h8-9,11,15H,5-7,10,19H2,1-4H3,(H,20,22);1H. The highest BCUT2D eigenvalue weighted by Crippen LogP contribution is 2.32. The number of rotatable bonds is 3. The topological polar surface area (TPSA) is 75.4 Å². The smallest absolute Gasteiger partial charge is 0.253 e. The van der Waals surface area contributed by atoms with E-state index in [0.29, 0.717) is 11.3 Å². The second-order valence-electron chi connectivity index (χ2n) is 7.02. The van der Waals surface area contributed by atoms with E-state index >= 15 is 0 Å². The van der Waals surface area contributed by atoms with Gasteiger partial charge in [-0.05, 0) is 44.4 Å². The zero-order valence-electron chi connectivity index (χ0n) is 14.9. The molecule has 1 aliphatic rings. The maximum Gasteiger partial charge on any atom is 0.253 e. The zero-order valence-corrected chi connectivity index (χ0v) is 15.7. The molecule has 1 aliphatic carbocycles. The third-order valence-electron chi connectivity index (χ3n) is 4.71. The first-order valence-electron chi connectivity index (χ1n) is 8.14. The lowest BCUT2D eigenvalue weighted by molar-refractivity contribution is -0.122. The molecule has 1 saturated carbocycles. The molecule has 6 heteroatoms. The number of hydrogen-bond acceptors (Lipinski definition) is 3. The summed E-state index contributed by atoms with van der Waals surface area (Å²) in [7, 11) is 3.43. The minimum absolute atomic E-state index is 0. The van der Waals surface area contributed by atoms with Crippen molar-refractivity contribution >= 4 is 29.9 Å². The molecule has 0 aromatic heterocycles. The first-order chi connectivity index (χ1) is 10.7. The van der Waals surface area contributed by atoms with Crippen LogP contribution in [0, 0.1) is 12.8 Å². The largest absolute Gasteiger partial charge is 0.345 e. The van der Waals surface area contributed by atoms with Crippen LogP contribution < -0.4 is 11.1 Å². The van der Waals surface area contributed by atoms with Crippen LogP contribution in [-0.4, -0.2) is 36.3 Å². The van der Waals surface area contributed by atoms with Crippen molar-refractivity contribution in [1.82, 2.24) is 4.90 Å². The molecule has 0 aliphatic heterocycles. The molecule has 2 rings (SSSR count). The predicted molar refractivity (Wildman–Crippen MR) is 99.6 cm³/mol. The Hall–Kier alpha value is -1.59. The minimum Gasteiger partial charge on any atom is -0.345 e. The summed E-state index contributed by atoms with van der Waals surface area (Å²) < 4.78 is 0. The van der Waals surface area contributed by atoms with Crippen molar-refractivity contribution in [2.75, 3.05) is 19.4 Å². The number of nitrogens with one attached hydrogen (secondary N) is 1. The molecule has 0 radical (unpaired) electrons. The molecular formula is C18H28ClN3O2. The second-order valence-corrected chi connectivity index (χ2v) is 7.02. The number of carbonyl (C=O) groups is 2. The molecule has 2 amide bonds. The van der Waals surface area contributed by atoms with E-state index in [2.05, 4.69) is 5.32 Å². The van der Waals surface area contributed by atoms with Crippen LogP contribution in [0.25, 0.3) is 0 Å². The Morgan fingerprint density at radius 3 is 2.54 bits per heavy atom. The molecule has 2 unspecified atom stereocenters. The molecule has 1 aromatic carbocycles. The normalized spacial score (nSPS) is 23.1. The van der Waals surface area contributed by atoms with Crippen molar-refractivity contribution in [1.29, 1.82) is 0 Å². The number of aryl methyl sites for hydroxylation is 1. The fourth-order valence-electron chi connectivity index (χ4n) is 3.19. The first kappa shape index (κ1) is 20.5. The number of benzene rings is 1. The van der Waals surface area contributed by atoms with E-state index in [9.17, 15) is 9.59 Å². The van der Waals surface area contributed by atoms with Crippen LogP contribution in [0.15, 0.2) is 18.2 Å². The van der Waals surface area contributed by atoms with Gasteiger partial charge in [-0.3, -0.25) is 9.59 Å². The molecule has 0 bridgehead atoms. The molecule has 134 valence electrons. The molecule has 3 N–H and O–H groups in total. The monoisotopic (exact) mass is 353 g/mol. The van der Waals surface area contributed by atoms with Gasteiger partial charge in [0, 0.05) is 30.9 Å². The van der Waals surface area contributed by atoms with Gasteiger partial charge in [0.2, 0.25) is 5.91 Å². The summed E-state index contributed by atoms with van der Waals surface area (Å²) in [6, 6.07) is 5.43. The first-order valence-corrected chi connectivity index (χ1v) is 8.14. The van der Waals surface area contributed by atoms with Gasteiger partial charge >= 0.3 is 0 Å². The number of amides is 2. The Morgan fingerprint density at radius 2 is 1.96 bits per heavy atom. The summed E-state index contributed by atoms with van der Waals surface area (Å²) in [4.78, 5) is 26.3. The van der Waals surface area contributed by atoms with Gasteiger partial charge in [0.25, 0.3) is 5.91 Å². The van der Waals surface area contributed by atoms with E-state index in [1.165, 1.54) is 4.90 Å². The van der Waals surface area contributed by atoms with Crippen molar-refractivity contribution < 1.29 is 9.59 Å². The molecule has 1 fully saturated rings. The summed E-state index contributed by atoms with van der Waals surface area (Å²) in [5, 5.41) is 2.94. The molecule has 0 saturated heterocycles. The highest BCUT2D eigenvalue weighted by Gasteiger charge is 2.37.